The lowest BCUT2D eigenvalue weighted by Gasteiger charge is -2.35. The van der Waals surface area contributed by atoms with Gasteiger partial charge in [0.25, 0.3) is 5.91 Å². The van der Waals surface area contributed by atoms with Crippen molar-refractivity contribution in [2.75, 3.05) is 0 Å². The third kappa shape index (κ3) is 6.23. The van der Waals surface area contributed by atoms with E-state index in [1.807, 2.05) is 77.7 Å². The second kappa shape index (κ2) is 11.8. The molecule has 0 spiro atoms. The maximum atomic E-state index is 13.8. The molecular weight excluding hydrogens is 523 g/mol. The van der Waals surface area contributed by atoms with Gasteiger partial charge < -0.3 is 4.74 Å². The molecule has 1 amide bonds. The average Bonchev–Trinajstić information content (AvgIpc) is 3.18. The van der Waals surface area contributed by atoms with Crippen molar-refractivity contribution in [1.82, 2.24) is 4.90 Å². The molecule has 2 aliphatic rings. The summed E-state index contributed by atoms with van der Waals surface area (Å²) >= 11 is 13.9. The second-order valence-corrected chi connectivity index (χ2v) is 11.3. The van der Waals surface area contributed by atoms with E-state index in [0.29, 0.717) is 33.2 Å². The van der Waals surface area contributed by atoms with Crippen LogP contribution in [0.3, 0.4) is 0 Å². The number of hydrogen-bond donors (Lipinski definition) is 0. The van der Waals surface area contributed by atoms with Crippen molar-refractivity contribution in [1.29, 1.82) is 0 Å². The summed E-state index contributed by atoms with van der Waals surface area (Å²) in [7, 11) is 0. The normalized spacial score (nSPS) is 22.1. The quantitative estimate of drug-likeness (QED) is 0.288. The molecule has 1 heterocycles. The first-order valence-corrected chi connectivity index (χ1v) is 14.1. The molecule has 0 bridgehead atoms. The lowest BCUT2D eigenvalue weighted by atomic mass is 9.85. The molecule has 37 heavy (non-hydrogen) atoms. The van der Waals surface area contributed by atoms with E-state index in [1.165, 1.54) is 18.2 Å². The number of aliphatic imine (C=N–C) groups is 1. The van der Waals surface area contributed by atoms with Crippen LogP contribution in [0.25, 0.3) is 6.08 Å². The summed E-state index contributed by atoms with van der Waals surface area (Å²) in [4.78, 5) is 21.3. The third-order valence-corrected chi connectivity index (χ3v) is 8.21. The largest absolute Gasteiger partial charge is 0.488 e. The van der Waals surface area contributed by atoms with E-state index in [4.69, 9.17) is 32.9 Å². The zero-order valence-electron chi connectivity index (χ0n) is 20.6. The van der Waals surface area contributed by atoms with Crippen LogP contribution in [0.1, 0.15) is 43.7 Å². The second-order valence-electron chi connectivity index (χ2n) is 9.45. The fraction of sp³-hybridized carbons (Fsp3) is 0.267. The summed E-state index contributed by atoms with van der Waals surface area (Å²) in [6.07, 6.45) is 6.31. The number of rotatable bonds is 6. The van der Waals surface area contributed by atoms with Crippen LogP contribution in [-0.2, 0) is 11.4 Å². The van der Waals surface area contributed by atoms with Gasteiger partial charge in [0, 0.05) is 21.7 Å². The molecule has 1 saturated heterocycles. The summed E-state index contributed by atoms with van der Waals surface area (Å²) in [5.74, 6) is 1.05. The fourth-order valence-corrected chi connectivity index (χ4v) is 6.27. The van der Waals surface area contributed by atoms with E-state index in [9.17, 15) is 4.79 Å². The lowest BCUT2D eigenvalue weighted by Crippen LogP contribution is -2.44. The number of hydrogen-bond acceptors (Lipinski definition) is 4. The van der Waals surface area contributed by atoms with E-state index in [-0.39, 0.29) is 11.9 Å². The number of amides is 1. The number of carbonyl (C=O) groups excluding carboxylic acids is 1. The molecule has 7 heteroatoms. The van der Waals surface area contributed by atoms with Gasteiger partial charge >= 0.3 is 0 Å². The van der Waals surface area contributed by atoms with Gasteiger partial charge in [-0.1, -0.05) is 73.3 Å². The van der Waals surface area contributed by atoms with Gasteiger partial charge in [-0.15, -0.1) is 0 Å². The Hall–Kier alpha value is -2.73. The van der Waals surface area contributed by atoms with Gasteiger partial charge in [-0.2, -0.15) is 0 Å². The monoisotopic (exact) mass is 550 g/mol. The summed E-state index contributed by atoms with van der Waals surface area (Å²) in [6.45, 7) is 2.59. The smallest absolute Gasteiger partial charge is 0.267 e. The molecular formula is C30H28Cl2N2O2S. The van der Waals surface area contributed by atoms with Crippen LogP contribution in [0.15, 0.2) is 82.7 Å². The van der Waals surface area contributed by atoms with Crippen LogP contribution < -0.4 is 4.74 Å². The van der Waals surface area contributed by atoms with Crippen LogP contribution in [0.4, 0.5) is 5.69 Å². The predicted molar refractivity (Wildman–Crippen MR) is 155 cm³/mol. The molecule has 3 aromatic carbocycles. The first-order valence-electron chi connectivity index (χ1n) is 12.5. The Bertz CT molecular complexity index is 1340. The summed E-state index contributed by atoms with van der Waals surface area (Å²) in [5.41, 5.74) is 2.55. The molecule has 1 aliphatic heterocycles. The highest BCUT2D eigenvalue weighted by Gasteiger charge is 2.41. The minimum absolute atomic E-state index is 0.0146. The summed E-state index contributed by atoms with van der Waals surface area (Å²) < 4.78 is 6.14. The molecule has 0 radical (unpaired) electrons. The van der Waals surface area contributed by atoms with Crippen molar-refractivity contribution in [2.45, 2.75) is 45.3 Å². The number of amidine groups is 1. The lowest BCUT2D eigenvalue weighted by molar-refractivity contribution is -0.124. The Morgan fingerprint density at radius 1 is 1.00 bits per heavy atom. The van der Waals surface area contributed by atoms with E-state index in [1.54, 1.807) is 6.07 Å². The molecule has 2 atom stereocenters. The molecule has 190 valence electrons. The van der Waals surface area contributed by atoms with Crippen molar-refractivity contribution < 1.29 is 9.53 Å². The Morgan fingerprint density at radius 3 is 2.57 bits per heavy atom. The Balaban J connectivity index is 1.47. The average molecular weight is 552 g/mol. The van der Waals surface area contributed by atoms with E-state index in [2.05, 4.69) is 6.92 Å². The first kappa shape index (κ1) is 25.9. The predicted octanol–water partition coefficient (Wildman–Crippen LogP) is 8.76. The van der Waals surface area contributed by atoms with Crippen molar-refractivity contribution in [3.63, 3.8) is 0 Å². The first-order chi connectivity index (χ1) is 18.0. The topological polar surface area (TPSA) is 41.9 Å². The van der Waals surface area contributed by atoms with Crippen LogP contribution in [-0.4, -0.2) is 22.0 Å². The Kier molecular flexibility index (Phi) is 8.23. The van der Waals surface area contributed by atoms with Gasteiger partial charge in [-0.3, -0.25) is 9.69 Å². The SMILES string of the molecule is C[C@H]1CCCC[C@H]1N1C(=O)/C(=C/c2cc(Cl)ccc2OCc2cccc(Cl)c2)SC1=Nc1ccccc1. The van der Waals surface area contributed by atoms with Crippen LogP contribution >= 0.6 is 35.0 Å². The fourth-order valence-electron chi connectivity index (χ4n) is 4.84. The van der Waals surface area contributed by atoms with Crippen molar-refractivity contribution in [3.05, 3.63) is 98.9 Å². The number of ether oxygens (including phenoxy) is 1. The highest BCUT2D eigenvalue weighted by atomic mass is 35.5. The number of thioether (sulfide) groups is 1. The maximum absolute atomic E-state index is 13.8. The van der Waals surface area contributed by atoms with Crippen molar-refractivity contribution in [2.24, 2.45) is 10.9 Å². The molecule has 5 rings (SSSR count). The number of nitrogens with zero attached hydrogens (tertiary/aromatic N) is 2. The minimum Gasteiger partial charge on any atom is -0.488 e. The summed E-state index contributed by atoms with van der Waals surface area (Å²) in [6, 6.07) is 23.0. The zero-order chi connectivity index (χ0) is 25.8. The van der Waals surface area contributed by atoms with Gasteiger partial charge in [0.05, 0.1) is 10.6 Å². The maximum Gasteiger partial charge on any atom is 0.267 e. The summed E-state index contributed by atoms with van der Waals surface area (Å²) in [5, 5.41) is 1.97. The Labute approximate surface area is 232 Å². The van der Waals surface area contributed by atoms with E-state index in [0.717, 1.165) is 41.2 Å². The van der Waals surface area contributed by atoms with Gasteiger partial charge in [-0.25, -0.2) is 4.99 Å². The molecule has 3 aromatic rings. The van der Waals surface area contributed by atoms with Crippen LogP contribution in [0.2, 0.25) is 10.0 Å². The minimum atomic E-state index is -0.0146. The zero-order valence-corrected chi connectivity index (χ0v) is 22.9. The third-order valence-electron chi connectivity index (χ3n) is 6.76. The van der Waals surface area contributed by atoms with Crippen molar-refractivity contribution >= 4 is 57.8 Å². The van der Waals surface area contributed by atoms with Gasteiger partial charge in [-0.05, 0) is 84.6 Å². The number of halogens is 2. The van der Waals surface area contributed by atoms with E-state index < -0.39 is 0 Å². The molecule has 0 aromatic heterocycles. The van der Waals surface area contributed by atoms with Crippen LogP contribution in [0, 0.1) is 5.92 Å². The molecule has 0 unspecified atom stereocenters. The van der Waals surface area contributed by atoms with Gasteiger partial charge in [0.1, 0.15) is 12.4 Å². The van der Waals surface area contributed by atoms with E-state index >= 15 is 0 Å². The molecule has 0 N–H and O–H groups in total. The highest BCUT2D eigenvalue weighted by molar-refractivity contribution is 8.18. The molecule has 4 nitrogen and oxygen atoms in total. The number of para-hydroxylation sites is 1. The highest BCUT2D eigenvalue weighted by Crippen LogP contribution is 2.41. The standard InChI is InChI=1S/C30H28Cl2N2O2S/c1-20-8-5-6-13-26(20)34-29(35)28(37-30(34)33-25-11-3-2-4-12-25)18-22-17-24(32)14-15-27(22)36-19-21-9-7-10-23(31)16-21/h2-4,7,9-12,14-18,20,26H,5-6,8,13,19H2,1H3/b28-18-,33-30?/t20-,26+/m0/s1. The molecule has 1 saturated carbocycles. The van der Waals surface area contributed by atoms with Crippen LogP contribution in [0.5, 0.6) is 5.75 Å². The number of carbonyl (C=O) groups is 1. The molecule has 1 aliphatic carbocycles. The number of benzene rings is 3. The molecule has 2 fully saturated rings. The van der Waals surface area contributed by atoms with Gasteiger partial charge in [0.2, 0.25) is 0 Å². The van der Waals surface area contributed by atoms with Gasteiger partial charge in [0.15, 0.2) is 5.17 Å². The van der Waals surface area contributed by atoms with Crippen molar-refractivity contribution in [3.8, 4) is 5.75 Å². The Morgan fingerprint density at radius 2 is 1.78 bits per heavy atom.